The van der Waals surface area contributed by atoms with E-state index in [1.54, 1.807) is 34.8 Å². The molecule has 0 unspecified atom stereocenters. The molecule has 16 heteroatoms. The van der Waals surface area contributed by atoms with Crippen molar-refractivity contribution in [3.05, 3.63) is 125 Å². The lowest BCUT2D eigenvalue weighted by atomic mass is 9.96. The van der Waals surface area contributed by atoms with Crippen LogP contribution in [0.1, 0.15) is 136 Å². The fourth-order valence-electron chi connectivity index (χ4n) is 8.82. The molecule has 9 nitrogen and oxygen atoms in total. The van der Waals surface area contributed by atoms with Crippen LogP contribution in [0.3, 0.4) is 0 Å². The van der Waals surface area contributed by atoms with Crippen LogP contribution in [-0.2, 0) is 13.1 Å². The number of allylic oxidation sites excluding steroid dienone is 2. The number of rotatable bonds is 16. The molecule has 4 N–H and O–H groups in total. The Morgan fingerprint density at radius 3 is 1.53 bits per heavy atom. The van der Waals surface area contributed by atoms with Crippen molar-refractivity contribution in [2.45, 2.75) is 143 Å². The number of amides is 2. The molecule has 0 radical (unpaired) electrons. The van der Waals surface area contributed by atoms with Gasteiger partial charge in [0.2, 0.25) is 0 Å². The summed E-state index contributed by atoms with van der Waals surface area (Å²) in [6.45, 7) is 9.41. The molecule has 2 aliphatic rings. The van der Waals surface area contributed by atoms with Crippen LogP contribution in [0.4, 0.5) is 4.79 Å². The zero-order valence-electron chi connectivity index (χ0n) is 40.5. The molecule has 0 spiro atoms. The molecule has 372 valence electrons. The van der Waals surface area contributed by atoms with E-state index in [9.17, 15) is 4.79 Å². The first kappa shape index (κ1) is 53.7. The molecular weight excluding hydrogens is 1010 g/mol. The van der Waals surface area contributed by atoms with E-state index < -0.39 is 0 Å². The van der Waals surface area contributed by atoms with Crippen molar-refractivity contribution in [2.75, 3.05) is 0 Å². The predicted molar refractivity (Wildman–Crippen MR) is 303 cm³/mol. The van der Waals surface area contributed by atoms with Gasteiger partial charge in [0.15, 0.2) is 5.11 Å². The Hall–Kier alpha value is -4.14. The van der Waals surface area contributed by atoms with E-state index in [2.05, 4.69) is 90.6 Å². The van der Waals surface area contributed by atoms with Gasteiger partial charge in [-0.2, -0.15) is 10.2 Å². The quantitative estimate of drug-likeness (QED) is 0.0721. The Morgan fingerprint density at radius 2 is 1.09 bits per heavy atom. The summed E-state index contributed by atoms with van der Waals surface area (Å²) in [5.41, 5.74) is 7.44. The highest BCUT2D eigenvalue weighted by Gasteiger charge is 2.24. The third kappa shape index (κ3) is 14.5. The number of unbranched alkanes of at least 4 members (excludes halogenated alkanes) is 2. The van der Waals surface area contributed by atoms with Gasteiger partial charge in [-0.3, -0.25) is 0 Å². The maximum atomic E-state index is 12.5. The highest BCUT2D eigenvalue weighted by atomic mass is 35.5. The standard InChI is InChI=1S/C27H32Cl2N4OS.C27H32Cl2N4S2/c2*1-3-4-6-11-21-13-15-25(35-21)26-18(2)23(17-30-27(34)31-20-9-7-5-8-10-20)32-33(26)24-14-12-19(28)16-22(24)29/h2*6,11-16,20H,3-5,7-10,17H2,1-2H3,(H2,30,31,34)/b2*11-6+. The normalized spacial score (nSPS) is 14.5. The molecule has 2 saturated carbocycles. The van der Waals surface area contributed by atoms with Crippen LogP contribution < -0.4 is 21.3 Å². The second-order valence-corrected chi connectivity index (χ2v) is 22.3. The molecular formula is C54H64Cl4N8OS3. The Kier molecular flexibility index (Phi) is 20.3. The second-order valence-electron chi connectivity index (χ2n) is 18.0. The monoisotopic (exact) mass is 1080 g/mol. The maximum absolute atomic E-state index is 12.5. The molecule has 2 fully saturated rings. The first-order valence-electron chi connectivity index (χ1n) is 24.6. The molecule has 4 heterocycles. The number of benzene rings is 2. The van der Waals surface area contributed by atoms with Gasteiger partial charge in [-0.1, -0.05) is 124 Å². The van der Waals surface area contributed by atoms with Crippen molar-refractivity contribution in [2.24, 2.45) is 0 Å². The van der Waals surface area contributed by atoms with E-state index in [0.717, 1.165) is 93.6 Å². The van der Waals surface area contributed by atoms with Crippen LogP contribution in [0.2, 0.25) is 20.1 Å². The van der Waals surface area contributed by atoms with Crippen molar-refractivity contribution in [1.29, 1.82) is 0 Å². The average molecular weight is 1080 g/mol. The van der Waals surface area contributed by atoms with E-state index in [1.807, 2.05) is 40.6 Å². The fraction of sp³-hybridized carbons (Fsp3) is 0.407. The summed E-state index contributed by atoms with van der Waals surface area (Å²) in [4.78, 5) is 17.2. The highest BCUT2D eigenvalue weighted by Crippen LogP contribution is 2.38. The van der Waals surface area contributed by atoms with E-state index in [0.29, 0.717) is 44.3 Å². The molecule has 0 aliphatic heterocycles. The molecule has 4 aromatic heterocycles. The third-order valence-corrected chi connectivity index (χ3v) is 16.1. The summed E-state index contributed by atoms with van der Waals surface area (Å²) in [6.07, 6.45) is 25.1. The third-order valence-electron chi connectivity index (χ3n) is 12.6. The number of carbonyl (C=O) groups is 1. The first-order chi connectivity index (χ1) is 33.9. The van der Waals surface area contributed by atoms with Gasteiger partial charge < -0.3 is 21.3 Å². The molecule has 2 aromatic carbocycles. The lowest BCUT2D eigenvalue weighted by molar-refractivity contribution is 0.232. The summed E-state index contributed by atoms with van der Waals surface area (Å²) in [6, 6.07) is 20.1. The van der Waals surface area contributed by atoms with Crippen molar-refractivity contribution >= 4 is 105 Å². The number of hydrogen-bond donors (Lipinski definition) is 4. The van der Waals surface area contributed by atoms with Crippen molar-refractivity contribution in [3.8, 4) is 32.5 Å². The number of halogens is 4. The summed E-state index contributed by atoms with van der Waals surface area (Å²) >= 11 is 34.6. The van der Waals surface area contributed by atoms with E-state index >= 15 is 0 Å². The van der Waals surface area contributed by atoms with Gasteiger partial charge >= 0.3 is 6.03 Å². The minimum atomic E-state index is -0.142. The molecule has 6 aromatic rings. The van der Waals surface area contributed by atoms with Gasteiger partial charge in [-0.25, -0.2) is 14.2 Å². The summed E-state index contributed by atoms with van der Waals surface area (Å²) < 4.78 is 3.81. The molecule has 2 amide bonds. The number of carbonyl (C=O) groups excluding carboxylic acids is 1. The number of hydrogen-bond acceptors (Lipinski definition) is 6. The Bertz CT molecular complexity index is 2570. The van der Waals surface area contributed by atoms with E-state index in [-0.39, 0.29) is 12.1 Å². The molecule has 8 rings (SSSR count). The SMILES string of the molecule is CCC/C=C/c1ccc(-c2c(C)c(CNC(=O)NC3CCCCC3)nn2-c2ccc(Cl)cc2Cl)s1.CCC/C=C/c1ccc(-c2c(C)c(CNC(=S)NC3CCCCC3)nn2-c2ccc(Cl)cc2Cl)s1. The van der Waals surface area contributed by atoms with Gasteiger partial charge in [-0.05, 0) is 137 Å². The van der Waals surface area contributed by atoms with Gasteiger partial charge in [0.1, 0.15) is 0 Å². The Balaban J connectivity index is 0.000000206. The lowest BCUT2D eigenvalue weighted by Gasteiger charge is -2.24. The minimum absolute atomic E-state index is 0.142. The Labute approximate surface area is 447 Å². The van der Waals surface area contributed by atoms with Crippen LogP contribution in [0.15, 0.2) is 72.8 Å². The fourth-order valence-corrected chi connectivity index (χ4v) is 12.1. The Morgan fingerprint density at radius 1 is 0.643 bits per heavy atom. The lowest BCUT2D eigenvalue weighted by Crippen LogP contribution is -2.42. The van der Waals surface area contributed by atoms with E-state index in [1.165, 1.54) is 61.1 Å². The van der Waals surface area contributed by atoms with Crippen LogP contribution in [0.5, 0.6) is 0 Å². The van der Waals surface area contributed by atoms with Gasteiger partial charge in [0.05, 0.1) is 67.0 Å². The molecule has 0 saturated heterocycles. The number of thiocarbonyl (C=S) groups is 1. The van der Waals surface area contributed by atoms with Crippen LogP contribution in [0, 0.1) is 13.8 Å². The van der Waals surface area contributed by atoms with Crippen molar-refractivity contribution < 1.29 is 4.79 Å². The molecule has 0 bridgehead atoms. The second kappa shape index (κ2) is 26.5. The number of nitrogens with zero attached hydrogens (tertiary/aromatic N) is 4. The van der Waals surface area contributed by atoms with E-state index in [4.69, 9.17) is 68.8 Å². The van der Waals surface area contributed by atoms with Crippen LogP contribution >= 0.6 is 81.3 Å². The smallest absolute Gasteiger partial charge is 0.315 e. The number of nitrogens with one attached hydrogen (secondary N) is 4. The summed E-state index contributed by atoms with van der Waals surface area (Å²) in [5, 5.41) is 25.8. The number of thiophene rings is 2. The maximum Gasteiger partial charge on any atom is 0.315 e. The zero-order valence-corrected chi connectivity index (χ0v) is 46.0. The summed E-state index contributed by atoms with van der Waals surface area (Å²) in [7, 11) is 0. The minimum Gasteiger partial charge on any atom is -0.360 e. The van der Waals surface area contributed by atoms with Crippen molar-refractivity contribution in [1.82, 2.24) is 40.8 Å². The summed E-state index contributed by atoms with van der Waals surface area (Å²) in [5.74, 6) is 0. The van der Waals surface area contributed by atoms with Gasteiger partial charge in [-0.15, -0.1) is 22.7 Å². The van der Waals surface area contributed by atoms with Gasteiger partial charge in [0, 0.05) is 43.0 Å². The van der Waals surface area contributed by atoms with Crippen LogP contribution in [0.25, 0.3) is 44.7 Å². The van der Waals surface area contributed by atoms with Crippen LogP contribution in [-0.4, -0.2) is 42.8 Å². The number of aromatic nitrogens is 4. The molecule has 70 heavy (non-hydrogen) atoms. The topological polar surface area (TPSA) is 101 Å². The molecule has 0 atom stereocenters. The largest absolute Gasteiger partial charge is 0.360 e. The average Bonchev–Trinajstić information content (AvgIpc) is 4.15. The highest BCUT2D eigenvalue weighted by molar-refractivity contribution is 7.80. The predicted octanol–water partition coefficient (Wildman–Crippen LogP) is 16.5. The number of urea groups is 1. The first-order valence-corrected chi connectivity index (χ1v) is 28.2. The zero-order chi connectivity index (χ0) is 49.6. The van der Waals surface area contributed by atoms with Crippen molar-refractivity contribution in [3.63, 3.8) is 0 Å². The molecule has 2 aliphatic carbocycles. The van der Waals surface area contributed by atoms with Gasteiger partial charge in [0.25, 0.3) is 0 Å².